The van der Waals surface area contributed by atoms with Gasteiger partial charge in [-0.15, -0.1) is 0 Å². The highest BCUT2D eigenvalue weighted by molar-refractivity contribution is 6.01. The largest absolute Gasteiger partial charge is 0.294 e. The molecule has 2 aromatic carbocycles. The van der Waals surface area contributed by atoms with Crippen LogP contribution in [0.5, 0.6) is 0 Å². The number of hydrogen-bond donors (Lipinski definition) is 0. The van der Waals surface area contributed by atoms with E-state index in [4.69, 9.17) is 0 Å². The number of fused-ring (bicyclic) bond motifs is 1. The molecule has 0 N–H and O–H groups in total. The Bertz CT molecular complexity index is 625. The Balaban J connectivity index is 1.95. The van der Waals surface area contributed by atoms with E-state index in [1.807, 2.05) is 36.4 Å². The molecule has 2 aromatic rings. The molecule has 1 aliphatic carbocycles. The van der Waals surface area contributed by atoms with Gasteiger partial charge in [-0.2, -0.15) is 0 Å². The minimum absolute atomic E-state index is 0.0734. The van der Waals surface area contributed by atoms with Gasteiger partial charge in [0, 0.05) is 11.5 Å². The molecule has 0 spiro atoms. The molecule has 0 amide bonds. The SMILES string of the molecule is CC1(C)CC(Cc2ccccc2)C(=O)c2ccccc21. The topological polar surface area (TPSA) is 17.1 Å². The van der Waals surface area contributed by atoms with Crippen LogP contribution < -0.4 is 0 Å². The predicted molar refractivity (Wildman–Crippen MR) is 82.1 cm³/mol. The number of carbonyl (C=O) groups excluding carboxylic acids is 1. The monoisotopic (exact) mass is 264 g/mol. The molecule has 0 saturated carbocycles. The first kappa shape index (κ1) is 13.1. The molecule has 0 aromatic heterocycles. The van der Waals surface area contributed by atoms with Gasteiger partial charge in [0.1, 0.15) is 0 Å². The van der Waals surface area contributed by atoms with Gasteiger partial charge >= 0.3 is 0 Å². The van der Waals surface area contributed by atoms with Crippen LogP contribution in [0, 0.1) is 5.92 Å². The first-order chi connectivity index (χ1) is 9.58. The highest BCUT2D eigenvalue weighted by Gasteiger charge is 2.37. The summed E-state index contributed by atoms with van der Waals surface area (Å²) in [5, 5.41) is 0. The van der Waals surface area contributed by atoms with Gasteiger partial charge in [-0.25, -0.2) is 0 Å². The van der Waals surface area contributed by atoms with E-state index in [1.54, 1.807) is 0 Å². The van der Waals surface area contributed by atoms with Gasteiger partial charge in [0.05, 0.1) is 0 Å². The molecule has 0 aliphatic heterocycles. The summed E-state index contributed by atoms with van der Waals surface area (Å²) in [6.07, 6.45) is 1.77. The fourth-order valence-electron chi connectivity index (χ4n) is 3.39. The van der Waals surface area contributed by atoms with Gasteiger partial charge in [0.15, 0.2) is 5.78 Å². The van der Waals surface area contributed by atoms with Crippen molar-refractivity contribution in [3.05, 3.63) is 71.3 Å². The average Bonchev–Trinajstić information content (AvgIpc) is 2.46. The standard InChI is InChI=1S/C19H20O/c1-19(2)13-15(12-14-8-4-3-5-9-14)18(20)16-10-6-7-11-17(16)19/h3-11,15H,12-13H2,1-2H3. The molecule has 0 fully saturated rings. The minimum atomic E-state index is 0.0734. The zero-order chi connectivity index (χ0) is 14.2. The van der Waals surface area contributed by atoms with Crippen LogP contribution in [0.15, 0.2) is 54.6 Å². The Morgan fingerprint density at radius 2 is 1.65 bits per heavy atom. The van der Waals surface area contributed by atoms with Gasteiger partial charge in [-0.1, -0.05) is 68.4 Å². The van der Waals surface area contributed by atoms with E-state index >= 15 is 0 Å². The van der Waals surface area contributed by atoms with Crippen LogP contribution in [0.25, 0.3) is 0 Å². The number of carbonyl (C=O) groups is 1. The van der Waals surface area contributed by atoms with Gasteiger partial charge in [0.2, 0.25) is 0 Å². The van der Waals surface area contributed by atoms with Crippen LogP contribution in [0.3, 0.4) is 0 Å². The summed E-state index contributed by atoms with van der Waals surface area (Å²) in [4.78, 5) is 12.7. The quantitative estimate of drug-likeness (QED) is 0.785. The third-order valence-electron chi connectivity index (χ3n) is 4.37. The molecule has 0 radical (unpaired) electrons. The molecular formula is C19H20O. The second-order valence-electron chi connectivity index (χ2n) is 6.38. The number of hydrogen-bond acceptors (Lipinski definition) is 1. The molecule has 0 heterocycles. The van der Waals surface area contributed by atoms with Crippen molar-refractivity contribution in [1.29, 1.82) is 0 Å². The van der Waals surface area contributed by atoms with Gasteiger partial charge in [-0.05, 0) is 29.4 Å². The van der Waals surface area contributed by atoms with E-state index in [1.165, 1.54) is 11.1 Å². The average molecular weight is 264 g/mol. The lowest BCUT2D eigenvalue weighted by Gasteiger charge is -2.36. The maximum absolute atomic E-state index is 12.7. The summed E-state index contributed by atoms with van der Waals surface area (Å²) in [5.74, 6) is 0.408. The summed E-state index contributed by atoms with van der Waals surface area (Å²) in [6, 6.07) is 18.4. The fourth-order valence-corrected chi connectivity index (χ4v) is 3.39. The lowest BCUT2D eigenvalue weighted by Crippen LogP contribution is -2.35. The molecule has 3 rings (SSSR count). The summed E-state index contributed by atoms with van der Waals surface area (Å²) < 4.78 is 0. The van der Waals surface area contributed by atoms with Crippen molar-refractivity contribution in [2.75, 3.05) is 0 Å². The molecule has 0 saturated heterocycles. The van der Waals surface area contributed by atoms with Crippen LogP contribution >= 0.6 is 0 Å². The lowest BCUT2D eigenvalue weighted by atomic mass is 9.66. The van der Waals surface area contributed by atoms with Crippen LogP contribution in [-0.4, -0.2) is 5.78 Å². The maximum Gasteiger partial charge on any atom is 0.166 e. The van der Waals surface area contributed by atoms with Crippen LogP contribution in [0.4, 0.5) is 0 Å². The fraction of sp³-hybridized carbons (Fsp3) is 0.316. The molecule has 1 nitrogen and oxygen atoms in total. The predicted octanol–water partition coefficient (Wildman–Crippen LogP) is 4.41. The summed E-state index contributed by atoms with van der Waals surface area (Å²) in [7, 11) is 0. The number of benzene rings is 2. The van der Waals surface area contributed by atoms with Crippen molar-refractivity contribution in [2.24, 2.45) is 5.92 Å². The third kappa shape index (κ3) is 2.29. The van der Waals surface area contributed by atoms with E-state index in [-0.39, 0.29) is 11.3 Å². The van der Waals surface area contributed by atoms with E-state index in [0.717, 1.165) is 18.4 Å². The van der Waals surface area contributed by atoms with E-state index in [0.29, 0.717) is 5.78 Å². The Morgan fingerprint density at radius 3 is 2.40 bits per heavy atom. The second kappa shape index (κ2) is 4.90. The molecule has 20 heavy (non-hydrogen) atoms. The summed E-state index contributed by atoms with van der Waals surface area (Å²) >= 11 is 0. The highest BCUT2D eigenvalue weighted by atomic mass is 16.1. The van der Waals surface area contributed by atoms with Crippen molar-refractivity contribution >= 4 is 5.78 Å². The first-order valence-electron chi connectivity index (χ1n) is 7.25. The normalized spacial score (nSPS) is 20.5. The lowest BCUT2D eigenvalue weighted by molar-refractivity contribution is 0.0873. The molecule has 1 atom stereocenters. The van der Waals surface area contributed by atoms with Crippen LogP contribution in [0.2, 0.25) is 0 Å². The van der Waals surface area contributed by atoms with Crippen molar-refractivity contribution in [1.82, 2.24) is 0 Å². The molecular weight excluding hydrogens is 244 g/mol. The van der Waals surface area contributed by atoms with Gasteiger partial charge < -0.3 is 0 Å². The minimum Gasteiger partial charge on any atom is -0.294 e. The number of rotatable bonds is 2. The van der Waals surface area contributed by atoms with Gasteiger partial charge in [0.25, 0.3) is 0 Å². The van der Waals surface area contributed by atoms with Crippen molar-refractivity contribution in [3.63, 3.8) is 0 Å². The zero-order valence-electron chi connectivity index (χ0n) is 12.1. The first-order valence-corrected chi connectivity index (χ1v) is 7.25. The molecule has 1 aliphatic rings. The Kier molecular flexibility index (Phi) is 3.21. The Morgan fingerprint density at radius 1 is 1.00 bits per heavy atom. The van der Waals surface area contributed by atoms with E-state index < -0.39 is 0 Å². The zero-order valence-corrected chi connectivity index (χ0v) is 12.1. The summed E-state index contributed by atoms with van der Waals surface area (Å²) in [5.41, 5.74) is 3.45. The highest BCUT2D eigenvalue weighted by Crippen LogP contribution is 2.40. The molecule has 1 heteroatoms. The Hall–Kier alpha value is -1.89. The van der Waals surface area contributed by atoms with Crippen molar-refractivity contribution in [2.45, 2.75) is 32.1 Å². The molecule has 0 bridgehead atoms. The third-order valence-corrected chi connectivity index (χ3v) is 4.37. The number of ketones is 1. The van der Waals surface area contributed by atoms with Crippen molar-refractivity contribution in [3.8, 4) is 0 Å². The van der Waals surface area contributed by atoms with Gasteiger partial charge in [-0.3, -0.25) is 4.79 Å². The number of Topliss-reactive ketones (excluding diaryl/α,β-unsaturated/α-hetero) is 1. The van der Waals surface area contributed by atoms with Crippen molar-refractivity contribution < 1.29 is 4.79 Å². The molecule has 1 unspecified atom stereocenters. The van der Waals surface area contributed by atoms with Crippen LogP contribution in [0.1, 0.15) is 41.8 Å². The summed E-state index contributed by atoms with van der Waals surface area (Å²) in [6.45, 7) is 4.49. The van der Waals surface area contributed by atoms with E-state index in [2.05, 4.69) is 32.0 Å². The van der Waals surface area contributed by atoms with E-state index in [9.17, 15) is 4.79 Å². The second-order valence-corrected chi connectivity index (χ2v) is 6.38. The van der Waals surface area contributed by atoms with Crippen LogP contribution in [-0.2, 0) is 11.8 Å². The molecule has 102 valence electrons. The Labute approximate surface area is 120 Å². The smallest absolute Gasteiger partial charge is 0.166 e. The maximum atomic E-state index is 12.7.